The number of carbonyl (C=O) groups excluding carboxylic acids is 2. The molecule has 4 aromatic carbocycles. The Hall–Kier alpha value is -5.15. The van der Waals surface area contributed by atoms with E-state index in [0.717, 1.165) is 53.5 Å². The molecule has 0 bridgehead atoms. The molecule has 0 radical (unpaired) electrons. The van der Waals surface area contributed by atoms with Crippen molar-refractivity contribution in [1.29, 1.82) is 5.26 Å². The molecule has 4 aromatic rings. The highest BCUT2D eigenvalue weighted by molar-refractivity contribution is 5.91. The molecule has 0 saturated carbocycles. The molecular formula is C36H33NO5. The fourth-order valence-corrected chi connectivity index (χ4v) is 4.44. The van der Waals surface area contributed by atoms with Crippen LogP contribution in [0.4, 0.5) is 0 Å². The van der Waals surface area contributed by atoms with Crippen LogP contribution in [0.15, 0.2) is 104 Å². The van der Waals surface area contributed by atoms with E-state index in [-0.39, 0.29) is 0 Å². The lowest BCUT2D eigenvalue weighted by molar-refractivity contribution is -0.137. The molecule has 4 rings (SSSR count). The fraction of sp³-hybridized carbons (Fsp3) is 0.194. The zero-order chi connectivity index (χ0) is 29.7. The first-order valence-corrected chi connectivity index (χ1v) is 13.9. The van der Waals surface area contributed by atoms with E-state index in [4.69, 9.17) is 19.5 Å². The van der Waals surface area contributed by atoms with E-state index in [1.165, 1.54) is 6.08 Å². The van der Waals surface area contributed by atoms with E-state index in [1.807, 2.05) is 36.4 Å². The number of rotatable bonds is 13. The summed E-state index contributed by atoms with van der Waals surface area (Å²) in [7, 11) is 0. The van der Waals surface area contributed by atoms with E-state index in [1.54, 1.807) is 36.4 Å². The van der Waals surface area contributed by atoms with Crippen molar-refractivity contribution in [3.63, 3.8) is 0 Å². The van der Waals surface area contributed by atoms with Crippen LogP contribution in [0.2, 0.25) is 0 Å². The highest BCUT2D eigenvalue weighted by atomic mass is 16.5. The summed E-state index contributed by atoms with van der Waals surface area (Å²) in [5, 5.41) is 9.03. The summed E-state index contributed by atoms with van der Waals surface area (Å²) < 4.78 is 16.3. The van der Waals surface area contributed by atoms with Crippen molar-refractivity contribution in [3.8, 4) is 39.8 Å². The average molecular weight is 560 g/mol. The summed E-state index contributed by atoms with van der Waals surface area (Å²) >= 11 is 0. The van der Waals surface area contributed by atoms with Gasteiger partial charge in [0.15, 0.2) is 0 Å². The van der Waals surface area contributed by atoms with Gasteiger partial charge in [-0.25, -0.2) is 9.59 Å². The van der Waals surface area contributed by atoms with Gasteiger partial charge in [-0.1, -0.05) is 49.0 Å². The summed E-state index contributed by atoms with van der Waals surface area (Å²) in [5.41, 5.74) is 6.47. The van der Waals surface area contributed by atoms with E-state index >= 15 is 0 Å². The topological polar surface area (TPSA) is 85.6 Å². The van der Waals surface area contributed by atoms with Gasteiger partial charge in [-0.15, -0.1) is 0 Å². The van der Waals surface area contributed by atoms with Crippen molar-refractivity contribution < 1.29 is 23.8 Å². The van der Waals surface area contributed by atoms with Gasteiger partial charge in [-0.2, -0.15) is 5.26 Å². The maximum Gasteiger partial charge on any atom is 0.343 e. The SMILES string of the molecule is C=CC(=O)OCCCCCCOc1ccc(C(=O)Oc2ccc(-c3ccc(-c4ccc(C#N)cc4)c(C)c3)cc2)cc1. The van der Waals surface area contributed by atoms with E-state index < -0.39 is 11.9 Å². The lowest BCUT2D eigenvalue weighted by atomic mass is 9.95. The van der Waals surface area contributed by atoms with Crippen molar-refractivity contribution in [2.45, 2.75) is 32.6 Å². The smallest absolute Gasteiger partial charge is 0.343 e. The molecule has 0 N–H and O–H groups in total. The van der Waals surface area contributed by atoms with Crippen LogP contribution in [0.5, 0.6) is 11.5 Å². The molecule has 6 heteroatoms. The number of hydrogen-bond acceptors (Lipinski definition) is 6. The normalized spacial score (nSPS) is 10.4. The highest BCUT2D eigenvalue weighted by Crippen LogP contribution is 2.30. The lowest BCUT2D eigenvalue weighted by Crippen LogP contribution is -2.08. The third-order valence-corrected chi connectivity index (χ3v) is 6.76. The summed E-state index contributed by atoms with van der Waals surface area (Å²) in [4.78, 5) is 23.7. The van der Waals surface area contributed by atoms with Crippen molar-refractivity contribution >= 4 is 11.9 Å². The van der Waals surface area contributed by atoms with Gasteiger partial charge in [0, 0.05) is 6.08 Å². The Morgan fingerprint density at radius 3 is 2.02 bits per heavy atom. The van der Waals surface area contributed by atoms with Crippen molar-refractivity contribution in [2.75, 3.05) is 13.2 Å². The van der Waals surface area contributed by atoms with E-state index in [9.17, 15) is 9.59 Å². The van der Waals surface area contributed by atoms with E-state index in [0.29, 0.717) is 35.8 Å². The van der Waals surface area contributed by atoms with Crippen LogP contribution in [-0.2, 0) is 9.53 Å². The molecule has 0 saturated heterocycles. The van der Waals surface area contributed by atoms with E-state index in [2.05, 4.69) is 37.8 Å². The molecule has 0 aliphatic heterocycles. The third kappa shape index (κ3) is 8.42. The predicted molar refractivity (Wildman–Crippen MR) is 163 cm³/mol. The van der Waals surface area contributed by atoms with Crippen LogP contribution in [0.1, 0.15) is 47.2 Å². The van der Waals surface area contributed by atoms with Crippen LogP contribution in [0.25, 0.3) is 22.3 Å². The summed E-state index contributed by atoms with van der Waals surface area (Å²) in [6.45, 7) is 6.41. The standard InChI is InChI=1S/C36H33NO5/c1-3-35(38)41-23-7-5-4-6-22-40-32-17-14-30(15-18-32)36(39)42-33-19-12-28(13-20-33)31-16-21-34(26(2)24-31)29-10-8-27(25-37)9-11-29/h3,8-21,24H,1,4-7,22-23H2,2H3. The zero-order valence-corrected chi connectivity index (χ0v) is 23.7. The Kier molecular flexibility index (Phi) is 10.7. The minimum Gasteiger partial charge on any atom is -0.494 e. The van der Waals surface area contributed by atoms with Crippen LogP contribution < -0.4 is 9.47 Å². The quantitative estimate of drug-likeness (QED) is 0.0712. The summed E-state index contributed by atoms with van der Waals surface area (Å²) in [6.07, 6.45) is 4.78. The minimum atomic E-state index is -0.436. The zero-order valence-electron chi connectivity index (χ0n) is 23.7. The second-order valence-electron chi connectivity index (χ2n) is 9.79. The van der Waals surface area contributed by atoms with Crippen molar-refractivity contribution in [1.82, 2.24) is 0 Å². The molecule has 0 amide bonds. The van der Waals surface area contributed by atoms with Gasteiger partial charge in [0.1, 0.15) is 11.5 Å². The Bertz CT molecular complexity index is 1550. The lowest BCUT2D eigenvalue weighted by Gasteiger charge is -2.10. The molecule has 0 spiro atoms. The number of aryl methyl sites for hydroxylation is 1. The second kappa shape index (κ2) is 15.0. The van der Waals surface area contributed by atoms with Crippen LogP contribution >= 0.6 is 0 Å². The molecule has 212 valence electrons. The summed E-state index contributed by atoms with van der Waals surface area (Å²) in [5.74, 6) is 0.332. The third-order valence-electron chi connectivity index (χ3n) is 6.76. The monoisotopic (exact) mass is 559 g/mol. The van der Waals surface area contributed by atoms with Crippen molar-refractivity contribution in [2.24, 2.45) is 0 Å². The number of carbonyl (C=O) groups is 2. The highest BCUT2D eigenvalue weighted by Gasteiger charge is 2.10. The molecule has 0 atom stereocenters. The molecule has 0 aliphatic rings. The van der Waals surface area contributed by atoms with Crippen LogP contribution in [0.3, 0.4) is 0 Å². The Labute approximate surface area is 246 Å². The number of ether oxygens (including phenoxy) is 3. The summed E-state index contributed by atoms with van der Waals surface area (Å²) in [6, 6.07) is 30.4. The van der Waals surface area contributed by atoms with Gasteiger partial charge in [0.25, 0.3) is 0 Å². The maximum atomic E-state index is 12.7. The van der Waals surface area contributed by atoms with Crippen molar-refractivity contribution in [3.05, 3.63) is 120 Å². The van der Waals surface area contributed by atoms with Crippen LogP contribution in [-0.4, -0.2) is 25.2 Å². The maximum absolute atomic E-state index is 12.7. The molecule has 0 aliphatic carbocycles. The Morgan fingerprint density at radius 2 is 1.38 bits per heavy atom. The largest absolute Gasteiger partial charge is 0.494 e. The number of nitriles is 1. The fourth-order valence-electron chi connectivity index (χ4n) is 4.44. The van der Waals surface area contributed by atoms with Gasteiger partial charge in [-0.05, 0) is 109 Å². The molecule has 0 aromatic heterocycles. The molecule has 6 nitrogen and oxygen atoms in total. The van der Waals surface area contributed by atoms with Crippen LogP contribution in [0, 0.1) is 18.3 Å². The number of esters is 2. The number of hydrogen-bond donors (Lipinski definition) is 0. The second-order valence-corrected chi connectivity index (χ2v) is 9.79. The van der Waals surface area contributed by atoms with Gasteiger partial charge in [-0.3, -0.25) is 0 Å². The first-order valence-electron chi connectivity index (χ1n) is 13.9. The Morgan fingerprint density at radius 1 is 0.762 bits per heavy atom. The molecule has 42 heavy (non-hydrogen) atoms. The number of benzene rings is 4. The predicted octanol–water partition coefficient (Wildman–Crippen LogP) is 8.09. The molecule has 0 unspecified atom stereocenters. The molecular weight excluding hydrogens is 526 g/mol. The minimum absolute atomic E-state index is 0.390. The Balaban J connectivity index is 1.24. The van der Waals surface area contributed by atoms with Gasteiger partial charge >= 0.3 is 11.9 Å². The van der Waals surface area contributed by atoms with Gasteiger partial charge in [0.05, 0.1) is 30.4 Å². The van der Waals surface area contributed by atoms with Gasteiger partial charge in [0.2, 0.25) is 0 Å². The molecule has 0 heterocycles. The average Bonchev–Trinajstić information content (AvgIpc) is 3.02. The number of unbranched alkanes of at least 4 members (excludes halogenated alkanes) is 3. The first-order chi connectivity index (χ1) is 20.5. The van der Waals surface area contributed by atoms with Gasteiger partial charge < -0.3 is 14.2 Å². The number of nitrogens with zero attached hydrogens (tertiary/aromatic N) is 1. The molecule has 0 fully saturated rings. The first kappa shape index (κ1) is 29.8.